The molecule has 0 spiro atoms. The van der Waals surface area contributed by atoms with E-state index in [9.17, 15) is 0 Å². The van der Waals surface area contributed by atoms with Gasteiger partial charge < -0.3 is 10.6 Å². The minimum atomic E-state index is 0.735. The van der Waals surface area contributed by atoms with E-state index in [0.717, 1.165) is 25.4 Å². The number of aromatic nitrogens is 1. The number of pyridine rings is 1. The molecule has 0 atom stereocenters. The van der Waals surface area contributed by atoms with E-state index in [1.54, 1.807) is 0 Å². The third kappa shape index (κ3) is 2.30. The van der Waals surface area contributed by atoms with Gasteiger partial charge in [0.25, 0.3) is 0 Å². The van der Waals surface area contributed by atoms with Gasteiger partial charge >= 0.3 is 0 Å². The van der Waals surface area contributed by atoms with Crippen molar-refractivity contribution < 1.29 is 0 Å². The Bertz CT molecular complexity index is 267. The molecule has 1 aromatic heterocycles. The van der Waals surface area contributed by atoms with Crippen molar-refractivity contribution in [3.05, 3.63) is 30.1 Å². The molecule has 0 amide bonds. The summed E-state index contributed by atoms with van der Waals surface area (Å²) in [5, 5.41) is 0. The third-order valence-electron chi connectivity index (χ3n) is 2.78. The van der Waals surface area contributed by atoms with E-state index >= 15 is 0 Å². The molecule has 1 aromatic rings. The summed E-state index contributed by atoms with van der Waals surface area (Å²) >= 11 is 0. The highest BCUT2D eigenvalue weighted by molar-refractivity contribution is 5.04. The molecule has 1 fully saturated rings. The molecule has 1 aliphatic rings. The number of hydrogen-bond acceptors (Lipinski definition) is 3. The molecule has 0 radical (unpaired) electrons. The van der Waals surface area contributed by atoms with Gasteiger partial charge in [-0.2, -0.15) is 0 Å². The summed E-state index contributed by atoms with van der Waals surface area (Å²) in [7, 11) is 0. The molecule has 0 bridgehead atoms. The van der Waals surface area contributed by atoms with E-state index in [1.165, 1.54) is 18.8 Å². The normalized spacial score (nSPS) is 18.1. The number of nitrogens with two attached hydrogens (primary N) is 1. The highest BCUT2D eigenvalue weighted by Gasteiger charge is 2.24. The third-order valence-corrected chi connectivity index (χ3v) is 2.78. The molecule has 0 saturated carbocycles. The molecule has 1 aliphatic heterocycles. The van der Waals surface area contributed by atoms with Crippen molar-refractivity contribution >= 4 is 0 Å². The molecule has 3 heteroatoms. The highest BCUT2D eigenvalue weighted by Crippen LogP contribution is 2.13. The molecule has 0 aromatic carbocycles. The Labute approximate surface area is 84.9 Å². The first-order valence-electron chi connectivity index (χ1n) is 5.21. The van der Waals surface area contributed by atoms with Crippen LogP contribution in [-0.2, 0) is 6.42 Å². The lowest BCUT2D eigenvalue weighted by atomic mass is 10.0. The summed E-state index contributed by atoms with van der Waals surface area (Å²) in [6, 6.07) is 6.08. The molecular weight excluding hydrogens is 174 g/mol. The number of rotatable bonds is 4. The van der Waals surface area contributed by atoms with Crippen LogP contribution >= 0.6 is 0 Å². The minimum absolute atomic E-state index is 0.735. The van der Waals surface area contributed by atoms with Gasteiger partial charge in [-0.3, -0.25) is 4.98 Å². The second-order valence-corrected chi connectivity index (χ2v) is 3.93. The van der Waals surface area contributed by atoms with Crippen molar-refractivity contribution in [3.8, 4) is 0 Å². The number of hydrogen-bond donors (Lipinski definition) is 1. The largest absolute Gasteiger partial charge is 0.330 e. The topological polar surface area (TPSA) is 42.1 Å². The summed E-state index contributed by atoms with van der Waals surface area (Å²) in [4.78, 5) is 6.73. The lowest BCUT2D eigenvalue weighted by Crippen LogP contribution is -2.50. The molecule has 1 saturated heterocycles. The average molecular weight is 191 g/mol. The van der Waals surface area contributed by atoms with Crippen molar-refractivity contribution in [3.63, 3.8) is 0 Å². The SMILES string of the molecule is NCC1CN(CCc2ccccn2)C1. The fourth-order valence-corrected chi connectivity index (χ4v) is 1.83. The second kappa shape index (κ2) is 4.53. The predicted octanol–water partition coefficient (Wildman–Crippen LogP) is 0.515. The zero-order chi connectivity index (χ0) is 9.80. The van der Waals surface area contributed by atoms with Crippen molar-refractivity contribution in [2.45, 2.75) is 6.42 Å². The number of nitrogens with zero attached hydrogens (tertiary/aromatic N) is 2. The van der Waals surface area contributed by atoms with Crippen LogP contribution in [-0.4, -0.2) is 36.1 Å². The zero-order valence-electron chi connectivity index (χ0n) is 8.39. The van der Waals surface area contributed by atoms with E-state index in [-0.39, 0.29) is 0 Å². The predicted molar refractivity (Wildman–Crippen MR) is 56.9 cm³/mol. The number of likely N-dealkylation sites (tertiary alicyclic amines) is 1. The quantitative estimate of drug-likeness (QED) is 0.754. The van der Waals surface area contributed by atoms with Gasteiger partial charge in [-0.15, -0.1) is 0 Å². The highest BCUT2D eigenvalue weighted by atomic mass is 15.2. The van der Waals surface area contributed by atoms with Crippen LogP contribution in [0.4, 0.5) is 0 Å². The first-order chi connectivity index (χ1) is 6.88. The molecule has 76 valence electrons. The van der Waals surface area contributed by atoms with Crippen LogP contribution in [0, 0.1) is 5.92 Å². The van der Waals surface area contributed by atoms with Gasteiger partial charge in [-0.25, -0.2) is 0 Å². The molecule has 2 heterocycles. The standard InChI is InChI=1S/C11H17N3/c12-7-10-8-14(9-10)6-4-11-3-1-2-5-13-11/h1-3,5,10H,4,6-9,12H2. The Morgan fingerprint density at radius 1 is 1.43 bits per heavy atom. The van der Waals surface area contributed by atoms with E-state index in [1.807, 2.05) is 18.3 Å². The minimum Gasteiger partial charge on any atom is -0.330 e. The van der Waals surface area contributed by atoms with Crippen LogP contribution in [0.25, 0.3) is 0 Å². The van der Waals surface area contributed by atoms with Crippen LogP contribution in [0.15, 0.2) is 24.4 Å². The van der Waals surface area contributed by atoms with E-state index in [2.05, 4.69) is 16.0 Å². The molecule has 2 N–H and O–H groups in total. The van der Waals surface area contributed by atoms with Crippen molar-refractivity contribution in [1.82, 2.24) is 9.88 Å². The van der Waals surface area contributed by atoms with Crippen LogP contribution in [0.5, 0.6) is 0 Å². The van der Waals surface area contributed by atoms with Crippen molar-refractivity contribution in [1.29, 1.82) is 0 Å². The Morgan fingerprint density at radius 3 is 2.93 bits per heavy atom. The van der Waals surface area contributed by atoms with Gasteiger partial charge in [0.15, 0.2) is 0 Å². The van der Waals surface area contributed by atoms with Crippen molar-refractivity contribution in [2.24, 2.45) is 11.7 Å². The van der Waals surface area contributed by atoms with Gasteiger partial charge in [0.1, 0.15) is 0 Å². The molecule has 3 nitrogen and oxygen atoms in total. The molecular formula is C11H17N3. The van der Waals surface area contributed by atoms with Crippen LogP contribution < -0.4 is 5.73 Å². The van der Waals surface area contributed by atoms with E-state index < -0.39 is 0 Å². The lowest BCUT2D eigenvalue weighted by molar-refractivity contribution is 0.107. The van der Waals surface area contributed by atoms with Crippen molar-refractivity contribution in [2.75, 3.05) is 26.2 Å². The van der Waals surface area contributed by atoms with Gasteiger partial charge in [0.05, 0.1) is 0 Å². The molecule has 2 rings (SSSR count). The summed E-state index contributed by atoms with van der Waals surface area (Å²) in [5.74, 6) is 0.735. The molecule has 0 unspecified atom stereocenters. The maximum absolute atomic E-state index is 5.56. The molecule has 14 heavy (non-hydrogen) atoms. The smallest absolute Gasteiger partial charge is 0.0416 e. The van der Waals surface area contributed by atoms with E-state index in [0.29, 0.717) is 0 Å². The maximum Gasteiger partial charge on any atom is 0.0416 e. The first-order valence-corrected chi connectivity index (χ1v) is 5.21. The fourth-order valence-electron chi connectivity index (χ4n) is 1.83. The Balaban J connectivity index is 1.69. The summed E-state index contributed by atoms with van der Waals surface area (Å²) in [5.41, 5.74) is 6.75. The first kappa shape index (κ1) is 9.62. The van der Waals surface area contributed by atoms with Crippen LogP contribution in [0.1, 0.15) is 5.69 Å². The van der Waals surface area contributed by atoms with Gasteiger partial charge in [0, 0.05) is 37.9 Å². The van der Waals surface area contributed by atoms with E-state index in [4.69, 9.17) is 5.73 Å². The fraction of sp³-hybridized carbons (Fsp3) is 0.545. The maximum atomic E-state index is 5.56. The Morgan fingerprint density at radius 2 is 2.29 bits per heavy atom. The lowest BCUT2D eigenvalue weighted by Gasteiger charge is -2.38. The summed E-state index contributed by atoms with van der Waals surface area (Å²) < 4.78 is 0. The second-order valence-electron chi connectivity index (χ2n) is 3.93. The van der Waals surface area contributed by atoms with Crippen LogP contribution in [0.2, 0.25) is 0 Å². The monoisotopic (exact) mass is 191 g/mol. The van der Waals surface area contributed by atoms with Gasteiger partial charge in [-0.05, 0) is 24.6 Å². The molecule has 0 aliphatic carbocycles. The average Bonchev–Trinajstić information content (AvgIpc) is 2.17. The van der Waals surface area contributed by atoms with Gasteiger partial charge in [-0.1, -0.05) is 6.07 Å². The summed E-state index contributed by atoms with van der Waals surface area (Å²) in [6.45, 7) is 4.29. The van der Waals surface area contributed by atoms with Crippen LogP contribution in [0.3, 0.4) is 0 Å². The Kier molecular flexibility index (Phi) is 3.11. The van der Waals surface area contributed by atoms with Gasteiger partial charge in [0.2, 0.25) is 0 Å². The zero-order valence-corrected chi connectivity index (χ0v) is 8.39. The Hall–Kier alpha value is -0.930. The summed E-state index contributed by atoms with van der Waals surface area (Å²) in [6.07, 6.45) is 2.91.